The Morgan fingerprint density at radius 1 is 1.15 bits per heavy atom. The molecule has 11 heteroatoms. The first-order valence-electron chi connectivity index (χ1n) is 15.0. The van der Waals surface area contributed by atoms with Gasteiger partial charge in [0.25, 0.3) is 5.91 Å². The van der Waals surface area contributed by atoms with Crippen molar-refractivity contribution in [1.29, 1.82) is 0 Å². The fraction of sp³-hybridized carbons (Fsp3) is 0.733. The van der Waals surface area contributed by atoms with Crippen molar-refractivity contribution in [2.45, 2.75) is 90.4 Å². The molecule has 2 N–H and O–H groups in total. The number of rotatable bonds is 7. The maximum absolute atomic E-state index is 14.2. The third-order valence-electron chi connectivity index (χ3n) is 8.30. The Kier molecular flexibility index (Phi) is 12.4. The van der Waals surface area contributed by atoms with Gasteiger partial charge in [-0.05, 0) is 64.2 Å². The van der Waals surface area contributed by atoms with Crippen LogP contribution >= 0.6 is 0 Å². The van der Waals surface area contributed by atoms with Gasteiger partial charge in [0.2, 0.25) is 15.9 Å². The summed E-state index contributed by atoms with van der Waals surface area (Å²) in [6.45, 7) is 6.25. The minimum absolute atomic E-state index is 0.0295. The number of likely N-dealkylation sites (N-methyl/N-ethyl adjacent to an activating group) is 1. The topological polar surface area (TPSA) is 125 Å². The standard InChI is InChI=1S/C30H49N3O7S/c1-21-18-33(22(2)20-34)30(36)26-17-25(31-29(35)24-12-7-6-8-13-24)14-15-27(26)40-23(3)11-9-10-16-39-28(21)19-32(4)41(5,37)38/h14-15,17,21-24,28,34H,6-13,16,18-20H2,1-5H3,(H,31,35)/t21-,22-,23-,28+/m1/s1. The molecule has 3 rings (SSSR count). The predicted molar refractivity (Wildman–Crippen MR) is 160 cm³/mol. The van der Waals surface area contributed by atoms with E-state index in [1.54, 1.807) is 30.0 Å². The van der Waals surface area contributed by atoms with Gasteiger partial charge in [0, 0.05) is 44.3 Å². The molecule has 10 nitrogen and oxygen atoms in total. The summed E-state index contributed by atoms with van der Waals surface area (Å²) in [6.07, 6.45) is 7.90. The summed E-state index contributed by atoms with van der Waals surface area (Å²) >= 11 is 0. The molecule has 0 spiro atoms. The van der Waals surface area contributed by atoms with Crippen molar-refractivity contribution in [3.05, 3.63) is 23.8 Å². The van der Waals surface area contributed by atoms with Crippen LogP contribution in [0.3, 0.4) is 0 Å². The Morgan fingerprint density at radius 2 is 1.83 bits per heavy atom. The second kappa shape index (κ2) is 15.3. The zero-order valence-electron chi connectivity index (χ0n) is 25.3. The van der Waals surface area contributed by atoms with Gasteiger partial charge in [-0.2, -0.15) is 0 Å². The fourth-order valence-electron chi connectivity index (χ4n) is 5.46. The van der Waals surface area contributed by atoms with Crippen LogP contribution in [0, 0.1) is 11.8 Å². The highest BCUT2D eigenvalue weighted by molar-refractivity contribution is 7.88. The van der Waals surface area contributed by atoms with Gasteiger partial charge in [-0.25, -0.2) is 12.7 Å². The second-order valence-electron chi connectivity index (χ2n) is 11.9. The van der Waals surface area contributed by atoms with Crippen LogP contribution in [0.1, 0.15) is 82.5 Å². The van der Waals surface area contributed by atoms with E-state index in [0.29, 0.717) is 23.6 Å². The molecule has 1 saturated carbocycles. The molecule has 41 heavy (non-hydrogen) atoms. The number of amides is 2. The number of nitrogens with zero attached hydrogens (tertiary/aromatic N) is 2. The number of sulfonamides is 1. The Labute approximate surface area is 245 Å². The van der Waals surface area contributed by atoms with Crippen LogP contribution in [0.4, 0.5) is 5.69 Å². The number of anilines is 1. The largest absolute Gasteiger partial charge is 0.490 e. The van der Waals surface area contributed by atoms with Gasteiger partial charge in [0.05, 0.1) is 36.7 Å². The van der Waals surface area contributed by atoms with Crippen LogP contribution < -0.4 is 10.1 Å². The zero-order valence-corrected chi connectivity index (χ0v) is 26.1. The Morgan fingerprint density at radius 3 is 2.49 bits per heavy atom. The minimum Gasteiger partial charge on any atom is -0.490 e. The maximum Gasteiger partial charge on any atom is 0.258 e. The number of aliphatic hydroxyl groups is 1. The van der Waals surface area contributed by atoms with E-state index in [-0.39, 0.29) is 49.5 Å². The average Bonchev–Trinajstić information content (AvgIpc) is 2.94. The lowest BCUT2D eigenvalue weighted by atomic mass is 9.88. The van der Waals surface area contributed by atoms with Crippen molar-refractivity contribution in [2.75, 3.05) is 44.9 Å². The molecular formula is C30H49N3O7S. The van der Waals surface area contributed by atoms with Gasteiger partial charge >= 0.3 is 0 Å². The number of benzene rings is 1. The SMILES string of the molecule is C[C@@H]1CCCCO[C@@H](CN(C)S(C)(=O)=O)[C@H](C)CN([C@H](C)CO)C(=O)c2cc(NC(=O)C3CCCCC3)ccc2O1. The molecule has 0 saturated heterocycles. The first-order valence-corrected chi connectivity index (χ1v) is 16.8. The first kappa shape index (κ1) is 33.3. The van der Waals surface area contributed by atoms with Crippen LogP contribution in [0.5, 0.6) is 5.75 Å². The lowest BCUT2D eigenvalue weighted by molar-refractivity contribution is -0.120. The smallest absolute Gasteiger partial charge is 0.258 e. The van der Waals surface area contributed by atoms with Crippen LogP contribution in [0.15, 0.2) is 18.2 Å². The molecule has 1 fully saturated rings. The summed E-state index contributed by atoms with van der Waals surface area (Å²) in [5.74, 6) is -0.198. The van der Waals surface area contributed by atoms with Crippen LogP contribution in [0.25, 0.3) is 0 Å². The van der Waals surface area contributed by atoms with Crippen molar-refractivity contribution in [1.82, 2.24) is 9.21 Å². The molecule has 2 amide bonds. The molecule has 1 aliphatic carbocycles. The molecule has 232 valence electrons. The molecular weight excluding hydrogens is 546 g/mol. The number of carbonyl (C=O) groups excluding carboxylic acids is 2. The lowest BCUT2D eigenvalue weighted by Crippen LogP contribution is -2.47. The third kappa shape index (κ3) is 9.66. The maximum atomic E-state index is 14.2. The summed E-state index contributed by atoms with van der Waals surface area (Å²) in [5, 5.41) is 13.1. The van der Waals surface area contributed by atoms with E-state index in [0.717, 1.165) is 57.6 Å². The molecule has 1 aromatic rings. The number of hydrogen-bond acceptors (Lipinski definition) is 7. The van der Waals surface area contributed by atoms with Gasteiger partial charge < -0.3 is 24.8 Å². The molecule has 0 bridgehead atoms. The van der Waals surface area contributed by atoms with Crippen LogP contribution in [-0.2, 0) is 19.6 Å². The highest BCUT2D eigenvalue weighted by Gasteiger charge is 2.31. The van der Waals surface area contributed by atoms with E-state index in [1.807, 2.05) is 13.8 Å². The highest BCUT2D eigenvalue weighted by atomic mass is 32.2. The van der Waals surface area contributed by atoms with Crippen molar-refractivity contribution < 1.29 is 32.6 Å². The minimum atomic E-state index is -3.42. The number of carbonyl (C=O) groups is 2. The van der Waals surface area contributed by atoms with E-state index >= 15 is 0 Å². The second-order valence-corrected chi connectivity index (χ2v) is 14.0. The van der Waals surface area contributed by atoms with Crippen molar-refractivity contribution >= 4 is 27.5 Å². The molecule has 1 heterocycles. The number of ether oxygens (including phenoxy) is 2. The van der Waals surface area contributed by atoms with Crippen LogP contribution in [-0.4, -0.2) is 92.4 Å². The normalized spacial score (nSPS) is 24.7. The Bertz CT molecular complexity index is 1120. The summed E-state index contributed by atoms with van der Waals surface area (Å²) in [5.41, 5.74) is 0.847. The van der Waals surface area contributed by atoms with Gasteiger partial charge in [0.15, 0.2) is 0 Å². The van der Waals surface area contributed by atoms with E-state index in [1.165, 1.54) is 11.4 Å². The van der Waals surface area contributed by atoms with Crippen LogP contribution in [0.2, 0.25) is 0 Å². The first-order chi connectivity index (χ1) is 19.4. The zero-order chi connectivity index (χ0) is 30.2. The van der Waals surface area contributed by atoms with Gasteiger partial charge in [-0.15, -0.1) is 0 Å². The molecule has 0 radical (unpaired) electrons. The lowest BCUT2D eigenvalue weighted by Gasteiger charge is -2.35. The van der Waals surface area contributed by atoms with Crippen molar-refractivity contribution in [3.8, 4) is 5.75 Å². The summed E-state index contributed by atoms with van der Waals surface area (Å²) in [6, 6.07) is 4.67. The number of nitrogens with one attached hydrogen (secondary N) is 1. The molecule has 0 aromatic heterocycles. The Balaban J connectivity index is 1.95. The van der Waals surface area contributed by atoms with E-state index in [4.69, 9.17) is 9.47 Å². The molecule has 1 aliphatic heterocycles. The molecule has 0 unspecified atom stereocenters. The summed E-state index contributed by atoms with van der Waals surface area (Å²) in [7, 11) is -1.90. The van der Waals surface area contributed by atoms with E-state index in [2.05, 4.69) is 5.32 Å². The number of fused-ring (bicyclic) bond motifs is 1. The van der Waals surface area contributed by atoms with Crippen molar-refractivity contribution in [2.24, 2.45) is 11.8 Å². The molecule has 2 aliphatic rings. The quantitative estimate of drug-likeness (QED) is 0.490. The van der Waals surface area contributed by atoms with E-state index in [9.17, 15) is 23.1 Å². The number of aliphatic hydroxyl groups excluding tert-OH is 1. The monoisotopic (exact) mass is 595 g/mol. The van der Waals surface area contributed by atoms with Gasteiger partial charge in [0.1, 0.15) is 5.75 Å². The average molecular weight is 596 g/mol. The predicted octanol–water partition coefficient (Wildman–Crippen LogP) is 3.89. The van der Waals surface area contributed by atoms with Gasteiger partial charge in [-0.1, -0.05) is 26.2 Å². The van der Waals surface area contributed by atoms with E-state index < -0.39 is 22.2 Å². The Hall–Kier alpha value is -2.21. The highest BCUT2D eigenvalue weighted by Crippen LogP contribution is 2.30. The van der Waals surface area contributed by atoms with Gasteiger partial charge in [-0.3, -0.25) is 9.59 Å². The summed E-state index contributed by atoms with van der Waals surface area (Å²) in [4.78, 5) is 28.7. The summed E-state index contributed by atoms with van der Waals surface area (Å²) < 4.78 is 38.0. The third-order valence-corrected chi connectivity index (χ3v) is 9.58. The number of hydrogen-bond donors (Lipinski definition) is 2. The van der Waals surface area contributed by atoms with Crippen molar-refractivity contribution in [3.63, 3.8) is 0 Å². The fourth-order valence-corrected chi connectivity index (χ4v) is 5.88. The molecule has 1 aromatic carbocycles. The molecule has 4 atom stereocenters.